The Hall–Kier alpha value is -2.45. The summed E-state index contributed by atoms with van der Waals surface area (Å²) in [6.45, 7) is 11.2. The highest BCUT2D eigenvalue weighted by Crippen LogP contribution is 2.46. The molecule has 1 aromatic rings. The van der Waals surface area contributed by atoms with E-state index < -0.39 is 43.4 Å². The van der Waals surface area contributed by atoms with Crippen molar-refractivity contribution in [3.63, 3.8) is 0 Å². The third kappa shape index (κ3) is 4.45. The molecule has 0 fully saturated rings. The van der Waals surface area contributed by atoms with E-state index in [1.807, 2.05) is 19.6 Å². The van der Waals surface area contributed by atoms with Gasteiger partial charge in [0.25, 0.3) is 0 Å². The summed E-state index contributed by atoms with van der Waals surface area (Å²) in [5, 5.41) is 10.4. The number of ether oxygens (including phenoxy) is 2. The van der Waals surface area contributed by atoms with Gasteiger partial charge in [0.15, 0.2) is 11.6 Å². The molecule has 0 saturated heterocycles. The van der Waals surface area contributed by atoms with Crippen LogP contribution in [0, 0.1) is 17.3 Å². The van der Waals surface area contributed by atoms with E-state index in [1.165, 1.54) is 19.2 Å². The SMILES string of the molecule is COC1C=C(O[Si](C)(C)C)CC2C(=O)c3c(OC(=O)C(C)(C)C)ccc(O)c3C(=O)C12. The molecule has 31 heavy (non-hydrogen) atoms. The quantitative estimate of drug-likeness (QED) is 0.422. The van der Waals surface area contributed by atoms with Gasteiger partial charge in [0, 0.05) is 19.4 Å². The molecule has 0 radical (unpaired) electrons. The molecule has 8 heteroatoms. The Labute approximate surface area is 183 Å². The van der Waals surface area contributed by atoms with Crippen molar-refractivity contribution in [3.8, 4) is 11.5 Å². The van der Waals surface area contributed by atoms with Gasteiger partial charge in [0.1, 0.15) is 11.5 Å². The van der Waals surface area contributed by atoms with Gasteiger partial charge in [-0.05, 0) is 58.6 Å². The number of hydrogen-bond acceptors (Lipinski definition) is 7. The zero-order valence-electron chi connectivity index (χ0n) is 19.1. The molecule has 2 aliphatic carbocycles. The van der Waals surface area contributed by atoms with Crippen LogP contribution in [-0.4, -0.2) is 44.2 Å². The van der Waals surface area contributed by atoms with Gasteiger partial charge in [-0.3, -0.25) is 14.4 Å². The smallest absolute Gasteiger partial charge is 0.316 e. The number of Topliss-reactive ketones (excluding diaryl/α,β-unsaturated/α-hetero) is 2. The Kier molecular flexibility index (Phi) is 5.92. The molecular formula is C23H30O7Si. The summed E-state index contributed by atoms with van der Waals surface area (Å²) < 4.78 is 17.2. The van der Waals surface area contributed by atoms with Crippen molar-refractivity contribution >= 4 is 25.9 Å². The van der Waals surface area contributed by atoms with Gasteiger partial charge < -0.3 is 19.0 Å². The molecule has 0 bridgehead atoms. The van der Waals surface area contributed by atoms with Gasteiger partial charge in [0.2, 0.25) is 8.32 Å². The van der Waals surface area contributed by atoms with Crippen molar-refractivity contribution in [2.75, 3.05) is 7.11 Å². The molecular weight excluding hydrogens is 416 g/mol. The number of allylic oxidation sites excluding steroid dienone is 1. The summed E-state index contributed by atoms with van der Waals surface area (Å²) in [5.41, 5.74) is -0.967. The molecule has 0 saturated carbocycles. The summed E-state index contributed by atoms with van der Waals surface area (Å²) in [5.74, 6) is -2.51. The number of phenols is 1. The second-order valence-electron chi connectivity index (χ2n) is 10.1. The molecule has 7 nitrogen and oxygen atoms in total. The first-order valence-corrected chi connectivity index (χ1v) is 13.7. The van der Waals surface area contributed by atoms with E-state index in [9.17, 15) is 19.5 Å². The predicted molar refractivity (Wildman–Crippen MR) is 117 cm³/mol. The second-order valence-corrected chi connectivity index (χ2v) is 14.5. The molecule has 3 atom stereocenters. The fourth-order valence-electron chi connectivity index (χ4n) is 3.96. The van der Waals surface area contributed by atoms with Gasteiger partial charge >= 0.3 is 5.97 Å². The highest BCUT2D eigenvalue weighted by atomic mass is 28.4. The average Bonchev–Trinajstić information content (AvgIpc) is 2.64. The monoisotopic (exact) mass is 446 g/mol. The first-order chi connectivity index (χ1) is 14.2. The maximum atomic E-state index is 13.6. The molecule has 0 amide bonds. The second kappa shape index (κ2) is 7.91. The molecule has 0 aliphatic heterocycles. The van der Waals surface area contributed by atoms with Gasteiger partial charge in [-0.2, -0.15) is 0 Å². The van der Waals surface area contributed by atoms with Crippen LogP contribution in [0.3, 0.4) is 0 Å². The largest absolute Gasteiger partial charge is 0.547 e. The lowest BCUT2D eigenvalue weighted by molar-refractivity contribution is -0.143. The number of carbonyl (C=O) groups excluding carboxylic acids is 3. The standard InChI is InChI=1S/C23H30O7Si/c1-23(2,3)22(27)29-15-9-8-14(24)18-19(15)20(25)13-10-12(30-31(5,6)7)11-16(28-4)17(13)21(18)26/h8-9,11,13,16-17,24H,10H2,1-7H3. The van der Waals surface area contributed by atoms with E-state index in [1.54, 1.807) is 26.8 Å². The number of benzene rings is 1. The number of fused-ring (bicyclic) bond motifs is 2. The minimum atomic E-state index is -1.95. The lowest BCUT2D eigenvalue weighted by atomic mass is 9.67. The Balaban J connectivity index is 2.09. The van der Waals surface area contributed by atoms with Crippen molar-refractivity contribution in [1.82, 2.24) is 0 Å². The molecule has 0 spiro atoms. The Morgan fingerprint density at radius 2 is 1.74 bits per heavy atom. The van der Waals surface area contributed by atoms with E-state index in [0.29, 0.717) is 5.76 Å². The molecule has 3 unspecified atom stereocenters. The Morgan fingerprint density at radius 3 is 2.29 bits per heavy atom. The lowest BCUT2D eigenvalue weighted by Gasteiger charge is -2.39. The summed E-state index contributed by atoms with van der Waals surface area (Å²) in [6.07, 6.45) is 1.35. The number of phenolic OH excluding ortho intramolecular Hbond substituents is 1. The van der Waals surface area contributed by atoms with Gasteiger partial charge in [0.05, 0.1) is 34.3 Å². The number of hydrogen-bond donors (Lipinski definition) is 1. The third-order valence-electron chi connectivity index (χ3n) is 5.36. The first kappa shape index (κ1) is 23.2. The maximum absolute atomic E-state index is 13.6. The minimum Gasteiger partial charge on any atom is -0.547 e. The first-order valence-electron chi connectivity index (χ1n) is 10.3. The highest BCUT2D eigenvalue weighted by molar-refractivity contribution is 6.70. The predicted octanol–water partition coefficient (Wildman–Crippen LogP) is 4.11. The van der Waals surface area contributed by atoms with Crippen LogP contribution in [0.15, 0.2) is 24.0 Å². The van der Waals surface area contributed by atoms with Crippen molar-refractivity contribution in [2.24, 2.45) is 17.3 Å². The van der Waals surface area contributed by atoms with Crippen molar-refractivity contribution in [1.29, 1.82) is 0 Å². The molecule has 1 N–H and O–H groups in total. The summed E-state index contributed by atoms with van der Waals surface area (Å²) >= 11 is 0. The Morgan fingerprint density at radius 1 is 1.10 bits per heavy atom. The van der Waals surface area contributed by atoms with Crippen LogP contribution in [0.1, 0.15) is 47.9 Å². The van der Waals surface area contributed by atoms with Crippen LogP contribution in [-0.2, 0) is 14.0 Å². The number of esters is 1. The summed E-state index contributed by atoms with van der Waals surface area (Å²) in [7, 11) is -0.470. The van der Waals surface area contributed by atoms with Crippen LogP contribution in [0.5, 0.6) is 11.5 Å². The van der Waals surface area contributed by atoms with E-state index in [2.05, 4.69) is 0 Å². The van der Waals surface area contributed by atoms with Crippen molar-refractivity contribution in [3.05, 3.63) is 35.1 Å². The van der Waals surface area contributed by atoms with E-state index >= 15 is 0 Å². The van der Waals surface area contributed by atoms with Crippen LogP contribution in [0.4, 0.5) is 0 Å². The number of methoxy groups -OCH3 is 1. The molecule has 168 valence electrons. The van der Waals surface area contributed by atoms with Crippen LogP contribution in [0.25, 0.3) is 0 Å². The molecule has 2 aliphatic rings. The fourth-order valence-corrected chi connectivity index (χ4v) is 4.89. The number of rotatable bonds is 4. The number of aromatic hydroxyl groups is 1. The molecule has 0 heterocycles. The van der Waals surface area contributed by atoms with Gasteiger partial charge in [-0.15, -0.1) is 0 Å². The normalized spacial score (nSPS) is 23.6. The lowest BCUT2D eigenvalue weighted by Crippen LogP contribution is -2.46. The van der Waals surface area contributed by atoms with Gasteiger partial charge in [-0.1, -0.05) is 0 Å². The zero-order chi connectivity index (χ0) is 23.3. The minimum absolute atomic E-state index is 0.0132. The molecule has 3 rings (SSSR count). The van der Waals surface area contributed by atoms with Gasteiger partial charge in [-0.25, -0.2) is 0 Å². The molecule has 1 aromatic carbocycles. The molecule has 0 aromatic heterocycles. The van der Waals surface area contributed by atoms with Crippen LogP contribution < -0.4 is 4.74 Å². The zero-order valence-corrected chi connectivity index (χ0v) is 20.1. The van der Waals surface area contributed by atoms with Crippen LogP contribution >= 0.6 is 0 Å². The van der Waals surface area contributed by atoms with E-state index in [-0.39, 0.29) is 34.8 Å². The van der Waals surface area contributed by atoms with Crippen molar-refractivity contribution < 1.29 is 33.4 Å². The summed E-state index contributed by atoms with van der Waals surface area (Å²) in [6, 6.07) is 2.63. The third-order valence-corrected chi connectivity index (χ3v) is 6.24. The Bertz CT molecular complexity index is 965. The highest BCUT2D eigenvalue weighted by Gasteiger charge is 2.50. The number of carbonyl (C=O) groups is 3. The summed E-state index contributed by atoms with van der Waals surface area (Å²) in [4.78, 5) is 39.5. The number of ketones is 2. The van der Waals surface area contributed by atoms with Crippen LogP contribution in [0.2, 0.25) is 19.6 Å². The van der Waals surface area contributed by atoms with E-state index in [0.717, 1.165) is 0 Å². The maximum Gasteiger partial charge on any atom is 0.316 e. The van der Waals surface area contributed by atoms with E-state index in [4.69, 9.17) is 13.9 Å². The topological polar surface area (TPSA) is 99.1 Å². The average molecular weight is 447 g/mol. The van der Waals surface area contributed by atoms with Crippen molar-refractivity contribution in [2.45, 2.75) is 52.9 Å². The fraction of sp³-hybridized carbons (Fsp3) is 0.522.